The van der Waals surface area contributed by atoms with Gasteiger partial charge < -0.3 is 10.0 Å². The molecule has 0 aliphatic carbocycles. The Balaban J connectivity index is 1.55. The molecule has 3 nitrogen and oxygen atoms in total. The van der Waals surface area contributed by atoms with Gasteiger partial charge in [0.05, 0.1) is 0 Å². The monoisotopic (exact) mass is 307 g/mol. The number of carbonyl (C=O) groups excluding carboxylic acids is 1. The van der Waals surface area contributed by atoms with Gasteiger partial charge in [-0.25, -0.2) is 0 Å². The fourth-order valence-electron chi connectivity index (χ4n) is 3.05. The Morgan fingerprint density at radius 1 is 1.17 bits per heavy atom. The van der Waals surface area contributed by atoms with E-state index in [1.807, 2.05) is 53.4 Å². The molecule has 1 unspecified atom stereocenters. The Hall–Kier alpha value is -2.55. The molecule has 0 aromatic heterocycles. The van der Waals surface area contributed by atoms with Gasteiger partial charge in [0.1, 0.15) is 5.75 Å². The summed E-state index contributed by atoms with van der Waals surface area (Å²) in [7, 11) is 0. The number of aromatic hydroxyl groups is 1. The SMILES string of the molecule is O=C(C=Cc1ccccc1)N1CCC(Cc2cccc(O)c2)C1. The Bertz CT molecular complexity index is 694. The maximum atomic E-state index is 12.3. The fourth-order valence-corrected chi connectivity index (χ4v) is 3.05. The zero-order chi connectivity index (χ0) is 16.1. The first-order chi connectivity index (χ1) is 11.2. The maximum Gasteiger partial charge on any atom is 0.246 e. The highest BCUT2D eigenvalue weighted by Crippen LogP contribution is 2.23. The molecule has 1 N–H and O–H groups in total. The number of hydrogen-bond donors (Lipinski definition) is 1. The Kier molecular flexibility index (Phi) is 4.77. The van der Waals surface area contributed by atoms with Crippen LogP contribution in [-0.2, 0) is 11.2 Å². The van der Waals surface area contributed by atoms with Crippen LogP contribution in [0.25, 0.3) is 6.08 Å². The number of nitrogens with zero attached hydrogens (tertiary/aromatic N) is 1. The van der Waals surface area contributed by atoms with Crippen LogP contribution in [0.2, 0.25) is 0 Å². The van der Waals surface area contributed by atoms with Crippen molar-refractivity contribution in [2.75, 3.05) is 13.1 Å². The lowest BCUT2D eigenvalue weighted by atomic mass is 9.98. The third kappa shape index (κ3) is 4.22. The van der Waals surface area contributed by atoms with E-state index in [9.17, 15) is 9.90 Å². The minimum absolute atomic E-state index is 0.0762. The molecule has 0 bridgehead atoms. The smallest absolute Gasteiger partial charge is 0.246 e. The third-order valence-electron chi connectivity index (χ3n) is 4.25. The Morgan fingerprint density at radius 2 is 2.00 bits per heavy atom. The van der Waals surface area contributed by atoms with Crippen LogP contribution < -0.4 is 0 Å². The van der Waals surface area contributed by atoms with Crippen LogP contribution in [0, 0.1) is 5.92 Å². The standard InChI is InChI=1S/C20H21NO2/c22-19-8-4-7-17(14-19)13-18-11-12-21(15-18)20(23)10-9-16-5-2-1-3-6-16/h1-10,14,18,22H,11-13,15H2. The second kappa shape index (κ2) is 7.14. The molecular formula is C20H21NO2. The number of phenolic OH excluding ortho intramolecular Hbond substituents is 1. The minimum Gasteiger partial charge on any atom is -0.508 e. The summed E-state index contributed by atoms with van der Waals surface area (Å²) in [5.74, 6) is 0.845. The molecule has 2 aromatic rings. The quantitative estimate of drug-likeness (QED) is 0.878. The molecule has 23 heavy (non-hydrogen) atoms. The highest BCUT2D eigenvalue weighted by molar-refractivity contribution is 5.91. The highest BCUT2D eigenvalue weighted by atomic mass is 16.3. The largest absolute Gasteiger partial charge is 0.508 e. The topological polar surface area (TPSA) is 40.5 Å². The van der Waals surface area contributed by atoms with Crippen molar-refractivity contribution in [3.63, 3.8) is 0 Å². The zero-order valence-corrected chi connectivity index (χ0v) is 13.1. The van der Waals surface area contributed by atoms with E-state index < -0.39 is 0 Å². The van der Waals surface area contributed by atoms with Crippen LogP contribution in [0.3, 0.4) is 0 Å². The van der Waals surface area contributed by atoms with Gasteiger partial charge in [0, 0.05) is 19.2 Å². The van der Waals surface area contributed by atoms with Crippen LogP contribution in [0.5, 0.6) is 5.75 Å². The van der Waals surface area contributed by atoms with E-state index in [4.69, 9.17) is 0 Å². The predicted molar refractivity (Wildman–Crippen MR) is 92.0 cm³/mol. The van der Waals surface area contributed by atoms with Gasteiger partial charge in [-0.15, -0.1) is 0 Å². The van der Waals surface area contributed by atoms with Crippen molar-refractivity contribution in [2.24, 2.45) is 5.92 Å². The molecule has 1 amide bonds. The lowest BCUT2D eigenvalue weighted by Crippen LogP contribution is -2.27. The summed E-state index contributed by atoms with van der Waals surface area (Å²) >= 11 is 0. The van der Waals surface area contributed by atoms with Gasteiger partial charge in [0.2, 0.25) is 5.91 Å². The van der Waals surface area contributed by atoms with Crippen molar-refractivity contribution in [1.82, 2.24) is 4.90 Å². The van der Waals surface area contributed by atoms with E-state index in [1.165, 1.54) is 0 Å². The van der Waals surface area contributed by atoms with Crippen molar-refractivity contribution >= 4 is 12.0 Å². The lowest BCUT2D eigenvalue weighted by molar-refractivity contribution is -0.125. The van der Waals surface area contributed by atoms with Gasteiger partial charge >= 0.3 is 0 Å². The first-order valence-corrected chi connectivity index (χ1v) is 8.00. The lowest BCUT2D eigenvalue weighted by Gasteiger charge is -2.14. The first kappa shape index (κ1) is 15.3. The molecule has 1 fully saturated rings. The fraction of sp³-hybridized carbons (Fsp3) is 0.250. The van der Waals surface area contributed by atoms with Crippen LogP contribution in [0.1, 0.15) is 17.5 Å². The average molecular weight is 307 g/mol. The normalized spacial score (nSPS) is 17.7. The van der Waals surface area contributed by atoms with Crippen molar-refractivity contribution < 1.29 is 9.90 Å². The van der Waals surface area contributed by atoms with Gasteiger partial charge in [-0.2, -0.15) is 0 Å². The predicted octanol–water partition coefficient (Wildman–Crippen LogP) is 3.50. The van der Waals surface area contributed by atoms with Crippen molar-refractivity contribution in [3.8, 4) is 5.75 Å². The number of phenols is 1. The molecule has 3 rings (SSSR count). The molecular weight excluding hydrogens is 286 g/mol. The van der Waals surface area contributed by atoms with Gasteiger partial charge in [0.25, 0.3) is 0 Å². The number of benzene rings is 2. The third-order valence-corrected chi connectivity index (χ3v) is 4.25. The summed E-state index contributed by atoms with van der Waals surface area (Å²) in [4.78, 5) is 14.2. The molecule has 118 valence electrons. The van der Waals surface area contributed by atoms with E-state index >= 15 is 0 Å². The van der Waals surface area contributed by atoms with E-state index in [0.29, 0.717) is 11.7 Å². The molecule has 1 atom stereocenters. The molecule has 1 aliphatic heterocycles. The summed E-state index contributed by atoms with van der Waals surface area (Å²) < 4.78 is 0. The van der Waals surface area contributed by atoms with Crippen LogP contribution >= 0.6 is 0 Å². The summed E-state index contributed by atoms with van der Waals surface area (Å²) in [6.45, 7) is 1.59. The Morgan fingerprint density at radius 3 is 2.78 bits per heavy atom. The van der Waals surface area contributed by atoms with E-state index in [-0.39, 0.29) is 5.91 Å². The molecule has 0 spiro atoms. The summed E-state index contributed by atoms with van der Waals surface area (Å²) in [6, 6.07) is 17.2. The molecule has 0 saturated carbocycles. The van der Waals surface area contributed by atoms with E-state index in [1.54, 1.807) is 18.2 Å². The van der Waals surface area contributed by atoms with E-state index in [2.05, 4.69) is 0 Å². The number of likely N-dealkylation sites (tertiary alicyclic amines) is 1. The molecule has 0 radical (unpaired) electrons. The minimum atomic E-state index is 0.0762. The molecule has 1 saturated heterocycles. The summed E-state index contributed by atoms with van der Waals surface area (Å²) in [6.07, 6.45) is 5.44. The maximum absolute atomic E-state index is 12.3. The molecule has 1 heterocycles. The number of carbonyl (C=O) groups is 1. The number of rotatable bonds is 4. The summed E-state index contributed by atoms with van der Waals surface area (Å²) in [5.41, 5.74) is 2.17. The van der Waals surface area contributed by atoms with Gasteiger partial charge in [-0.3, -0.25) is 4.79 Å². The second-order valence-electron chi connectivity index (χ2n) is 6.06. The zero-order valence-electron chi connectivity index (χ0n) is 13.1. The van der Waals surface area contributed by atoms with Crippen molar-refractivity contribution in [1.29, 1.82) is 0 Å². The molecule has 3 heteroatoms. The Labute approximate surface area is 136 Å². The summed E-state index contributed by atoms with van der Waals surface area (Å²) in [5, 5.41) is 9.53. The van der Waals surface area contributed by atoms with Gasteiger partial charge in [0.15, 0.2) is 0 Å². The highest BCUT2D eigenvalue weighted by Gasteiger charge is 2.25. The molecule has 2 aromatic carbocycles. The second-order valence-corrected chi connectivity index (χ2v) is 6.06. The van der Waals surface area contributed by atoms with Crippen molar-refractivity contribution in [2.45, 2.75) is 12.8 Å². The van der Waals surface area contributed by atoms with Crippen molar-refractivity contribution in [3.05, 3.63) is 71.8 Å². The van der Waals surface area contributed by atoms with Crippen LogP contribution in [-0.4, -0.2) is 29.0 Å². The van der Waals surface area contributed by atoms with Gasteiger partial charge in [-0.1, -0.05) is 42.5 Å². The number of hydrogen-bond acceptors (Lipinski definition) is 2. The molecule has 1 aliphatic rings. The van der Waals surface area contributed by atoms with Crippen LogP contribution in [0.4, 0.5) is 0 Å². The van der Waals surface area contributed by atoms with Gasteiger partial charge in [-0.05, 0) is 48.1 Å². The van der Waals surface area contributed by atoms with E-state index in [0.717, 1.165) is 37.1 Å². The average Bonchev–Trinajstić information content (AvgIpc) is 3.02. The first-order valence-electron chi connectivity index (χ1n) is 8.00. The van der Waals surface area contributed by atoms with Crippen LogP contribution in [0.15, 0.2) is 60.7 Å². The number of amides is 1.